The van der Waals surface area contributed by atoms with Crippen molar-refractivity contribution in [3.8, 4) is 11.3 Å². The minimum Gasteiger partial charge on any atom is -0.312 e. The van der Waals surface area contributed by atoms with E-state index in [1.165, 1.54) is 35.2 Å². The number of amides is 1. The standard InChI is InChI=1S/C17H13FN2OS2/c1-22-17-19-14(11-7-3-2-4-8-11)16(23-17)20-15(21)12-9-5-6-10-13(12)18/h2-10H,1H3,(H,20,21). The zero-order valence-corrected chi connectivity index (χ0v) is 13.9. The van der Waals surface area contributed by atoms with Crippen molar-refractivity contribution in [3.63, 3.8) is 0 Å². The summed E-state index contributed by atoms with van der Waals surface area (Å²) in [6.07, 6.45) is 1.93. The molecule has 0 unspecified atom stereocenters. The molecule has 1 aromatic heterocycles. The molecule has 0 saturated carbocycles. The van der Waals surface area contributed by atoms with Crippen LogP contribution in [-0.4, -0.2) is 17.1 Å². The predicted octanol–water partition coefficient (Wildman–Crippen LogP) is 4.92. The van der Waals surface area contributed by atoms with Crippen molar-refractivity contribution in [2.75, 3.05) is 11.6 Å². The fourth-order valence-electron chi connectivity index (χ4n) is 2.08. The van der Waals surface area contributed by atoms with E-state index in [4.69, 9.17) is 0 Å². The van der Waals surface area contributed by atoms with Crippen molar-refractivity contribution in [2.24, 2.45) is 0 Å². The molecule has 1 N–H and O–H groups in total. The van der Waals surface area contributed by atoms with Gasteiger partial charge in [0, 0.05) is 5.56 Å². The molecule has 0 radical (unpaired) electrons. The van der Waals surface area contributed by atoms with Gasteiger partial charge in [-0.15, -0.1) is 0 Å². The lowest BCUT2D eigenvalue weighted by Crippen LogP contribution is -2.13. The molecule has 3 rings (SSSR count). The number of anilines is 1. The van der Waals surface area contributed by atoms with E-state index in [9.17, 15) is 9.18 Å². The van der Waals surface area contributed by atoms with Gasteiger partial charge in [0.05, 0.1) is 5.56 Å². The van der Waals surface area contributed by atoms with E-state index in [1.807, 2.05) is 36.6 Å². The highest BCUT2D eigenvalue weighted by Gasteiger charge is 2.17. The molecule has 6 heteroatoms. The van der Waals surface area contributed by atoms with E-state index >= 15 is 0 Å². The molecule has 0 fully saturated rings. The SMILES string of the molecule is CSc1nc(-c2ccccc2)c(NC(=O)c2ccccc2F)s1. The largest absolute Gasteiger partial charge is 0.312 e. The molecular weight excluding hydrogens is 331 g/mol. The second-order valence-corrected chi connectivity index (χ2v) is 6.71. The van der Waals surface area contributed by atoms with Gasteiger partial charge < -0.3 is 5.32 Å². The second-order valence-electron chi connectivity index (χ2n) is 4.66. The first-order valence-electron chi connectivity index (χ1n) is 6.85. The van der Waals surface area contributed by atoms with Crippen molar-refractivity contribution < 1.29 is 9.18 Å². The van der Waals surface area contributed by atoms with Gasteiger partial charge in [0.15, 0.2) is 4.34 Å². The summed E-state index contributed by atoms with van der Waals surface area (Å²) in [5, 5.41) is 3.40. The average molecular weight is 344 g/mol. The molecule has 2 aromatic carbocycles. The van der Waals surface area contributed by atoms with E-state index < -0.39 is 11.7 Å². The van der Waals surface area contributed by atoms with Crippen molar-refractivity contribution in [1.82, 2.24) is 4.98 Å². The Morgan fingerprint density at radius 1 is 1.13 bits per heavy atom. The van der Waals surface area contributed by atoms with Gasteiger partial charge in [0.2, 0.25) is 0 Å². The van der Waals surface area contributed by atoms with Crippen LogP contribution in [0.4, 0.5) is 9.39 Å². The maximum Gasteiger partial charge on any atom is 0.259 e. The number of hydrogen-bond acceptors (Lipinski definition) is 4. The van der Waals surface area contributed by atoms with Crippen LogP contribution in [0.25, 0.3) is 11.3 Å². The van der Waals surface area contributed by atoms with E-state index in [-0.39, 0.29) is 5.56 Å². The molecule has 3 nitrogen and oxygen atoms in total. The fourth-order valence-corrected chi connectivity index (χ4v) is 3.56. The summed E-state index contributed by atoms with van der Waals surface area (Å²) in [6, 6.07) is 15.5. The summed E-state index contributed by atoms with van der Waals surface area (Å²) in [4.78, 5) is 16.9. The molecule has 0 aliphatic heterocycles. The molecule has 3 aromatic rings. The van der Waals surface area contributed by atoms with E-state index in [0.29, 0.717) is 10.7 Å². The molecule has 1 amide bonds. The highest BCUT2D eigenvalue weighted by molar-refractivity contribution is 8.00. The van der Waals surface area contributed by atoms with Crippen LogP contribution in [0.15, 0.2) is 58.9 Å². The third kappa shape index (κ3) is 3.43. The zero-order chi connectivity index (χ0) is 16.2. The molecule has 1 heterocycles. The number of benzene rings is 2. The lowest BCUT2D eigenvalue weighted by molar-refractivity contribution is 0.102. The number of rotatable bonds is 4. The lowest BCUT2D eigenvalue weighted by atomic mass is 10.1. The first kappa shape index (κ1) is 15.7. The summed E-state index contributed by atoms with van der Waals surface area (Å²) < 4.78 is 14.6. The van der Waals surface area contributed by atoms with Crippen LogP contribution in [0.1, 0.15) is 10.4 Å². The smallest absolute Gasteiger partial charge is 0.259 e. The van der Waals surface area contributed by atoms with Gasteiger partial charge in [0.25, 0.3) is 5.91 Å². The van der Waals surface area contributed by atoms with Gasteiger partial charge in [-0.1, -0.05) is 65.6 Å². The van der Waals surface area contributed by atoms with Gasteiger partial charge in [-0.2, -0.15) is 0 Å². The third-order valence-corrected chi connectivity index (χ3v) is 5.13. The number of aromatic nitrogens is 1. The Bertz CT molecular complexity index is 834. The summed E-state index contributed by atoms with van der Waals surface area (Å²) >= 11 is 2.89. The van der Waals surface area contributed by atoms with Gasteiger partial charge in [-0.3, -0.25) is 4.79 Å². The monoisotopic (exact) mass is 344 g/mol. The van der Waals surface area contributed by atoms with Gasteiger partial charge in [-0.05, 0) is 18.4 Å². The van der Waals surface area contributed by atoms with Gasteiger partial charge in [-0.25, -0.2) is 9.37 Å². The van der Waals surface area contributed by atoms with Crippen LogP contribution in [0.2, 0.25) is 0 Å². The molecule has 0 aliphatic rings. The van der Waals surface area contributed by atoms with E-state index in [2.05, 4.69) is 10.3 Å². The number of carbonyl (C=O) groups excluding carboxylic acids is 1. The molecular formula is C17H13FN2OS2. The lowest BCUT2D eigenvalue weighted by Gasteiger charge is -2.06. The number of nitrogens with zero attached hydrogens (tertiary/aromatic N) is 1. The maximum atomic E-state index is 13.8. The van der Waals surface area contributed by atoms with Crippen LogP contribution < -0.4 is 5.32 Å². The topological polar surface area (TPSA) is 42.0 Å². The Kier molecular flexibility index (Phi) is 4.73. The molecule has 0 saturated heterocycles. The molecule has 116 valence electrons. The van der Waals surface area contributed by atoms with Crippen molar-refractivity contribution in [3.05, 3.63) is 66.0 Å². The minimum atomic E-state index is -0.541. The quantitative estimate of drug-likeness (QED) is 0.683. The third-order valence-electron chi connectivity index (χ3n) is 3.17. The zero-order valence-electron chi connectivity index (χ0n) is 12.2. The first-order valence-corrected chi connectivity index (χ1v) is 8.89. The average Bonchev–Trinajstić information content (AvgIpc) is 2.99. The number of nitrogens with one attached hydrogen (secondary N) is 1. The van der Waals surface area contributed by atoms with E-state index in [0.717, 1.165) is 9.90 Å². The Labute approximate surface area is 141 Å². The Hall–Kier alpha value is -2.18. The molecule has 0 bridgehead atoms. The van der Waals surface area contributed by atoms with Gasteiger partial charge >= 0.3 is 0 Å². The maximum absolute atomic E-state index is 13.8. The highest BCUT2D eigenvalue weighted by Crippen LogP contribution is 2.37. The van der Waals surface area contributed by atoms with Crippen LogP contribution >= 0.6 is 23.1 Å². The molecule has 23 heavy (non-hydrogen) atoms. The normalized spacial score (nSPS) is 10.5. The van der Waals surface area contributed by atoms with E-state index in [1.54, 1.807) is 12.1 Å². The van der Waals surface area contributed by atoms with Crippen LogP contribution in [0.3, 0.4) is 0 Å². The summed E-state index contributed by atoms with van der Waals surface area (Å²) in [5.74, 6) is -1.02. The Morgan fingerprint density at radius 2 is 1.83 bits per heavy atom. The number of halogens is 1. The van der Waals surface area contributed by atoms with Gasteiger partial charge in [0.1, 0.15) is 16.5 Å². The van der Waals surface area contributed by atoms with Crippen LogP contribution in [0, 0.1) is 5.82 Å². The number of hydrogen-bond donors (Lipinski definition) is 1. The second kappa shape index (κ2) is 6.93. The minimum absolute atomic E-state index is 0.0191. The number of thioether (sulfide) groups is 1. The van der Waals surface area contributed by atoms with Crippen LogP contribution in [0.5, 0.6) is 0 Å². The predicted molar refractivity (Wildman–Crippen MR) is 93.7 cm³/mol. The Balaban J connectivity index is 1.95. The van der Waals surface area contributed by atoms with Crippen LogP contribution in [-0.2, 0) is 0 Å². The molecule has 0 aliphatic carbocycles. The van der Waals surface area contributed by atoms with Crippen molar-refractivity contribution in [2.45, 2.75) is 4.34 Å². The molecule has 0 spiro atoms. The summed E-state index contributed by atoms with van der Waals surface area (Å²) in [7, 11) is 0. The highest BCUT2D eigenvalue weighted by atomic mass is 32.2. The summed E-state index contributed by atoms with van der Waals surface area (Å²) in [5.41, 5.74) is 1.63. The first-order chi connectivity index (χ1) is 11.2. The summed E-state index contributed by atoms with van der Waals surface area (Å²) in [6.45, 7) is 0. The molecule has 0 atom stereocenters. The van der Waals surface area contributed by atoms with Crippen molar-refractivity contribution >= 4 is 34.0 Å². The fraction of sp³-hybridized carbons (Fsp3) is 0.0588. The Morgan fingerprint density at radius 3 is 2.52 bits per heavy atom. The number of carbonyl (C=O) groups is 1. The van der Waals surface area contributed by atoms with Crippen molar-refractivity contribution in [1.29, 1.82) is 0 Å². The number of thiazole rings is 1.